The molecule has 0 aliphatic rings. The summed E-state index contributed by atoms with van der Waals surface area (Å²) in [7, 11) is -3.01. The van der Waals surface area contributed by atoms with Crippen LogP contribution in [-0.2, 0) is 15.4 Å². The number of benzene rings is 3. The van der Waals surface area contributed by atoms with Gasteiger partial charge in [0.15, 0.2) is 0 Å². The van der Waals surface area contributed by atoms with E-state index in [1.165, 1.54) is 31.4 Å². The van der Waals surface area contributed by atoms with Crippen molar-refractivity contribution in [1.82, 2.24) is 14.5 Å². The number of aromatic nitrogens is 2. The van der Waals surface area contributed by atoms with E-state index in [0.29, 0.717) is 11.1 Å². The van der Waals surface area contributed by atoms with Crippen LogP contribution in [0.4, 0.5) is 4.39 Å². The molecule has 3 aromatic carbocycles. The van der Waals surface area contributed by atoms with E-state index in [4.69, 9.17) is 4.74 Å². The van der Waals surface area contributed by atoms with Crippen molar-refractivity contribution >= 4 is 26.7 Å². The zero-order chi connectivity index (χ0) is 24.7. The quantitative estimate of drug-likeness (QED) is 0.450. The lowest BCUT2D eigenvalue weighted by atomic mass is 9.87. The topological polar surface area (TPSA) is 90.3 Å². The van der Waals surface area contributed by atoms with Gasteiger partial charge in [-0.1, -0.05) is 45.0 Å². The van der Waals surface area contributed by atoms with Crippen LogP contribution in [0.3, 0.4) is 0 Å². The van der Waals surface area contributed by atoms with Crippen LogP contribution in [0, 0.1) is 5.82 Å². The lowest BCUT2D eigenvalue weighted by Gasteiger charge is -2.21. The van der Waals surface area contributed by atoms with E-state index < -0.39 is 21.7 Å². The first-order chi connectivity index (χ1) is 16.0. The number of hydrogen-bond acceptors (Lipinski definition) is 5. The predicted octanol–water partition coefficient (Wildman–Crippen LogP) is 4.59. The SMILES string of the molecule is COc1ccc(C(C)(C)C)cc1S(=O)(=O)NC(=O)c1ccc2c(-n3cccn3)cccc2c1F. The fourth-order valence-corrected chi connectivity index (χ4v) is 4.84. The molecule has 0 saturated carbocycles. The van der Waals surface area contributed by atoms with Crippen LogP contribution < -0.4 is 9.46 Å². The van der Waals surface area contributed by atoms with E-state index in [0.717, 1.165) is 5.56 Å². The van der Waals surface area contributed by atoms with Crippen molar-refractivity contribution in [2.75, 3.05) is 7.11 Å². The summed E-state index contributed by atoms with van der Waals surface area (Å²) in [6.07, 6.45) is 3.32. The summed E-state index contributed by atoms with van der Waals surface area (Å²) in [6.45, 7) is 5.81. The number of halogens is 1. The van der Waals surface area contributed by atoms with Crippen LogP contribution >= 0.6 is 0 Å². The minimum atomic E-state index is -4.35. The summed E-state index contributed by atoms with van der Waals surface area (Å²) < 4.78 is 50.4. The number of nitrogens with one attached hydrogen (secondary N) is 1. The number of nitrogens with zero attached hydrogens (tertiary/aromatic N) is 2. The molecule has 0 spiro atoms. The van der Waals surface area contributed by atoms with Crippen molar-refractivity contribution in [1.29, 1.82) is 0 Å². The molecular weight excluding hydrogens is 457 g/mol. The molecule has 0 atom stereocenters. The van der Waals surface area contributed by atoms with Gasteiger partial charge in [-0.15, -0.1) is 0 Å². The number of methoxy groups -OCH3 is 1. The molecule has 9 heteroatoms. The van der Waals surface area contributed by atoms with Crippen LogP contribution in [0.15, 0.2) is 71.9 Å². The van der Waals surface area contributed by atoms with Crippen molar-refractivity contribution < 1.29 is 22.3 Å². The Hall–Kier alpha value is -3.72. The number of rotatable bonds is 5. The van der Waals surface area contributed by atoms with Gasteiger partial charge in [-0.05, 0) is 41.3 Å². The Kier molecular flexibility index (Phi) is 5.91. The minimum absolute atomic E-state index is 0.0798. The van der Waals surface area contributed by atoms with Gasteiger partial charge in [0.2, 0.25) is 0 Å². The van der Waals surface area contributed by atoms with Crippen LogP contribution in [-0.4, -0.2) is 31.2 Å². The first kappa shape index (κ1) is 23.4. The average Bonchev–Trinajstić information content (AvgIpc) is 3.32. The molecule has 0 radical (unpaired) electrons. The smallest absolute Gasteiger partial charge is 0.268 e. The Bertz CT molecular complexity index is 1490. The van der Waals surface area contributed by atoms with Crippen LogP contribution in [0.1, 0.15) is 36.7 Å². The van der Waals surface area contributed by atoms with E-state index in [9.17, 15) is 13.2 Å². The highest BCUT2D eigenvalue weighted by atomic mass is 32.2. The molecule has 176 valence electrons. The molecule has 0 bridgehead atoms. The fourth-order valence-electron chi connectivity index (χ4n) is 3.68. The van der Waals surface area contributed by atoms with Gasteiger partial charge in [0.1, 0.15) is 16.5 Å². The fraction of sp³-hybridized carbons (Fsp3) is 0.200. The highest BCUT2D eigenvalue weighted by Crippen LogP contribution is 2.31. The summed E-state index contributed by atoms with van der Waals surface area (Å²) >= 11 is 0. The van der Waals surface area contributed by atoms with Gasteiger partial charge in [0.25, 0.3) is 15.9 Å². The average molecular weight is 482 g/mol. The number of sulfonamides is 1. The summed E-state index contributed by atoms with van der Waals surface area (Å²) in [4.78, 5) is 12.7. The van der Waals surface area contributed by atoms with Gasteiger partial charge in [-0.3, -0.25) is 4.79 Å². The van der Waals surface area contributed by atoms with Crippen molar-refractivity contribution in [3.05, 3.63) is 83.9 Å². The van der Waals surface area contributed by atoms with Gasteiger partial charge < -0.3 is 4.74 Å². The number of fused-ring (bicyclic) bond motifs is 1. The molecule has 0 saturated heterocycles. The number of amides is 1. The molecule has 34 heavy (non-hydrogen) atoms. The van der Waals surface area contributed by atoms with E-state index in [-0.39, 0.29) is 27.0 Å². The Morgan fingerprint density at radius 2 is 1.82 bits per heavy atom. The van der Waals surface area contributed by atoms with E-state index in [2.05, 4.69) is 5.10 Å². The minimum Gasteiger partial charge on any atom is -0.495 e. The second-order valence-electron chi connectivity index (χ2n) is 8.80. The van der Waals surface area contributed by atoms with Crippen LogP contribution in [0.5, 0.6) is 5.75 Å². The summed E-state index contributed by atoms with van der Waals surface area (Å²) in [5.41, 5.74) is 0.644. The second-order valence-corrected chi connectivity index (χ2v) is 10.5. The molecule has 1 amide bonds. The highest BCUT2D eigenvalue weighted by molar-refractivity contribution is 7.90. The van der Waals surface area contributed by atoms with Crippen molar-refractivity contribution in [3.8, 4) is 11.4 Å². The van der Waals surface area contributed by atoms with Crippen molar-refractivity contribution in [3.63, 3.8) is 0 Å². The van der Waals surface area contributed by atoms with Crippen LogP contribution in [0.25, 0.3) is 16.5 Å². The predicted molar refractivity (Wildman–Crippen MR) is 127 cm³/mol. The first-order valence-corrected chi connectivity index (χ1v) is 12.0. The molecule has 4 aromatic rings. The molecule has 0 aliphatic carbocycles. The highest BCUT2D eigenvalue weighted by Gasteiger charge is 2.27. The third kappa shape index (κ3) is 4.26. The molecule has 7 nitrogen and oxygen atoms in total. The zero-order valence-corrected chi connectivity index (χ0v) is 20.0. The Labute approximate surface area is 197 Å². The van der Waals surface area contributed by atoms with Gasteiger partial charge in [0, 0.05) is 23.2 Å². The molecule has 1 heterocycles. The van der Waals surface area contributed by atoms with E-state index >= 15 is 4.39 Å². The number of hydrogen-bond donors (Lipinski definition) is 1. The van der Waals surface area contributed by atoms with Crippen molar-refractivity contribution in [2.45, 2.75) is 31.1 Å². The number of ether oxygens (including phenoxy) is 1. The van der Waals surface area contributed by atoms with Gasteiger partial charge in [0.05, 0.1) is 18.4 Å². The molecule has 0 aliphatic heterocycles. The molecule has 1 N–H and O–H groups in total. The molecule has 4 rings (SSSR count). The number of carbonyl (C=O) groups excluding carboxylic acids is 1. The summed E-state index contributed by atoms with van der Waals surface area (Å²) in [5.74, 6) is -1.82. The molecule has 0 fully saturated rings. The van der Waals surface area contributed by atoms with Crippen molar-refractivity contribution in [2.24, 2.45) is 0 Å². The molecular formula is C25H24FN3O4S. The standard InChI is InChI=1S/C25H24FN3O4S/c1-25(2,3)16-9-12-21(33-4)22(15-16)34(31,32)28-24(30)19-11-10-17-18(23(19)26)7-5-8-20(17)29-14-6-13-27-29/h5-15H,1-4H3,(H,28,30). The third-order valence-corrected chi connectivity index (χ3v) is 6.87. The molecule has 0 unspecified atom stereocenters. The summed E-state index contributed by atoms with van der Waals surface area (Å²) in [5, 5.41) is 4.87. The number of carbonyl (C=O) groups is 1. The zero-order valence-electron chi connectivity index (χ0n) is 19.2. The maximum absolute atomic E-state index is 15.4. The largest absolute Gasteiger partial charge is 0.495 e. The van der Waals surface area contributed by atoms with E-state index in [1.807, 2.05) is 25.5 Å². The van der Waals surface area contributed by atoms with E-state index in [1.54, 1.807) is 47.4 Å². The Morgan fingerprint density at radius 3 is 2.47 bits per heavy atom. The first-order valence-electron chi connectivity index (χ1n) is 10.5. The third-order valence-electron chi connectivity index (χ3n) is 5.51. The Balaban J connectivity index is 1.73. The van der Waals surface area contributed by atoms with Gasteiger partial charge in [-0.2, -0.15) is 5.10 Å². The monoisotopic (exact) mass is 481 g/mol. The van der Waals surface area contributed by atoms with Crippen LogP contribution in [0.2, 0.25) is 0 Å². The Morgan fingerprint density at radius 1 is 1.06 bits per heavy atom. The second kappa shape index (κ2) is 8.57. The maximum atomic E-state index is 15.4. The lowest BCUT2D eigenvalue weighted by Crippen LogP contribution is -2.31. The maximum Gasteiger partial charge on any atom is 0.268 e. The molecule has 1 aromatic heterocycles. The summed E-state index contributed by atoms with van der Waals surface area (Å²) in [6, 6.07) is 14.3. The lowest BCUT2D eigenvalue weighted by molar-refractivity contribution is 0.0978. The van der Waals surface area contributed by atoms with Gasteiger partial charge >= 0.3 is 0 Å². The normalized spacial score (nSPS) is 12.0. The van der Waals surface area contributed by atoms with Gasteiger partial charge in [-0.25, -0.2) is 22.2 Å².